The third-order valence-corrected chi connectivity index (χ3v) is 6.15. The van der Waals surface area contributed by atoms with Gasteiger partial charge in [0.05, 0.1) is 5.56 Å². The van der Waals surface area contributed by atoms with Crippen LogP contribution in [0.15, 0.2) is 54.6 Å². The lowest BCUT2D eigenvalue weighted by Gasteiger charge is -2.40. The Bertz CT molecular complexity index is 868. The maximum atomic E-state index is 13.0. The van der Waals surface area contributed by atoms with Gasteiger partial charge in [-0.1, -0.05) is 36.4 Å². The number of benzene rings is 2. The van der Waals surface area contributed by atoms with Crippen LogP contribution in [0.25, 0.3) is 0 Å². The van der Waals surface area contributed by atoms with E-state index in [-0.39, 0.29) is 16.9 Å². The molecule has 0 aromatic heterocycles. The highest BCUT2D eigenvalue weighted by Gasteiger charge is 2.42. The molecule has 0 N–H and O–H groups in total. The smallest absolute Gasteiger partial charge is 0.338 e. The zero-order valence-electron chi connectivity index (χ0n) is 16.3. The second-order valence-corrected chi connectivity index (χ2v) is 8.36. The van der Waals surface area contributed by atoms with E-state index < -0.39 is 11.7 Å². The number of piperidine rings is 1. The van der Waals surface area contributed by atoms with Crippen LogP contribution in [0.3, 0.4) is 0 Å². The Kier molecular flexibility index (Phi) is 5.38. The van der Waals surface area contributed by atoms with Crippen LogP contribution in [0.1, 0.15) is 40.7 Å². The van der Waals surface area contributed by atoms with Crippen LogP contribution in [0, 0.1) is 5.41 Å². The number of halogens is 3. The van der Waals surface area contributed by atoms with Gasteiger partial charge in [-0.2, -0.15) is 13.2 Å². The molecule has 0 bridgehead atoms. The predicted molar refractivity (Wildman–Crippen MR) is 105 cm³/mol. The Morgan fingerprint density at radius 3 is 2.52 bits per heavy atom. The number of carbonyl (C=O) groups is 1. The molecule has 2 aromatic carbocycles. The molecule has 2 heterocycles. The van der Waals surface area contributed by atoms with Gasteiger partial charge in [-0.3, -0.25) is 9.69 Å². The summed E-state index contributed by atoms with van der Waals surface area (Å²) in [6.45, 7) is 4.03. The molecule has 2 saturated heterocycles. The van der Waals surface area contributed by atoms with Crippen molar-refractivity contribution in [3.8, 4) is 0 Å². The second kappa shape index (κ2) is 7.82. The summed E-state index contributed by atoms with van der Waals surface area (Å²) in [5, 5.41) is 0. The van der Waals surface area contributed by atoms with Gasteiger partial charge >= 0.3 is 6.18 Å². The van der Waals surface area contributed by atoms with E-state index in [0.29, 0.717) is 13.1 Å². The van der Waals surface area contributed by atoms with Crippen molar-refractivity contribution in [1.29, 1.82) is 0 Å². The van der Waals surface area contributed by atoms with Crippen molar-refractivity contribution in [2.75, 3.05) is 26.2 Å². The fraction of sp³-hybridized carbons (Fsp3) is 0.435. The molecule has 0 saturated carbocycles. The highest BCUT2D eigenvalue weighted by Crippen LogP contribution is 2.40. The first kappa shape index (κ1) is 20.0. The molecular formula is C23H25F3N2O. The van der Waals surface area contributed by atoms with Gasteiger partial charge in [-0.25, -0.2) is 0 Å². The number of hydrogen-bond acceptors (Lipinski definition) is 2. The minimum Gasteiger partial charge on any atom is -0.338 e. The Morgan fingerprint density at radius 1 is 0.966 bits per heavy atom. The lowest BCUT2D eigenvalue weighted by atomic mass is 9.79. The number of alkyl halides is 3. The number of likely N-dealkylation sites (tertiary alicyclic amines) is 2. The van der Waals surface area contributed by atoms with Gasteiger partial charge in [0.25, 0.3) is 5.91 Å². The van der Waals surface area contributed by atoms with Crippen molar-refractivity contribution < 1.29 is 18.0 Å². The molecular weight excluding hydrogens is 377 g/mol. The molecule has 29 heavy (non-hydrogen) atoms. The molecule has 2 aliphatic rings. The fourth-order valence-electron chi connectivity index (χ4n) is 4.73. The average Bonchev–Trinajstić information content (AvgIpc) is 3.09. The van der Waals surface area contributed by atoms with Crippen LogP contribution in [0.4, 0.5) is 13.2 Å². The van der Waals surface area contributed by atoms with E-state index in [2.05, 4.69) is 17.0 Å². The van der Waals surface area contributed by atoms with Crippen LogP contribution in [0.5, 0.6) is 0 Å². The Morgan fingerprint density at radius 2 is 1.76 bits per heavy atom. The zero-order chi connectivity index (χ0) is 20.5. The maximum Gasteiger partial charge on any atom is 0.416 e. The summed E-state index contributed by atoms with van der Waals surface area (Å²) in [5.74, 6) is -0.295. The molecule has 3 nitrogen and oxygen atoms in total. The van der Waals surface area contributed by atoms with Crippen LogP contribution in [0.2, 0.25) is 0 Å². The maximum absolute atomic E-state index is 13.0. The van der Waals surface area contributed by atoms with Gasteiger partial charge in [0.1, 0.15) is 0 Å². The summed E-state index contributed by atoms with van der Waals surface area (Å²) in [7, 11) is 0. The largest absolute Gasteiger partial charge is 0.416 e. The molecule has 2 aliphatic heterocycles. The second-order valence-electron chi connectivity index (χ2n) is 8.36. The number of carbonyl (C=O) groups excluding carboxylic acids is 1. The Labute approximate surface area is 169 Å². The molecule has 0 aliphatic carbocycles. The number of hydrogen-bond donors (Lipinski definition) is 0. The minimum atomic E-state index is -4.44. The van der Waals surface area contributed by atoms with Crippen LogP contribution < -0.4 is 0 Å². The fourth-order valence-corrected chi connectivity index (χ4v) is 4.73. The van der Waals surface area contributed by atoms with E-state index in [4.69, 9.17) is 0 Å². The van der Waals surface area contributed by atoms with Crippen LogP contribution in [-0.4, -0.2) is 41.9 Å². The first-order valence-corrected chi connectivity index (χ1v) is 10.1. The standard InChI is InChI=1S/C23H25F3N2O/c24-23(25,26)20-9-4-8-19(14-20)21(29)28-12-5-10-22(17-28)11-13-27(16-22)15-18-6-2-1-3-7-18/h1-4,6-9,14H,5,10-13,15-17H2. The summed E-state index contributed by atoms with van der Waals surface area (Å²) in [6, 6.07) is 15.1. The van der Waals surface area contributed by atoms with E-state index >= 15 is 0 Å². The monoisotopic (exact) mass is 402 g/mol. The summed E-state index contributed by atoms with van der Waals surface area (Å²) < 4.78 is 39.0. The van der Waals surface area contributed by atoms with Crippen molar-refractivity contribution in [2.24, 2.45) is 5.41 Å². The molecule has 2 aromatic rings. The van der Waals surface area contributed by atoms with Crippen molar-refractivity contribution >= 4 is 5.91 Å². The predicted octanol–water partition coefficient (Wildman–Crippen LogP) is 4.83. The molecule has 0 radical (unpaired) electrons. The van der Waals surface area contributed by atoms with Crippen molar-refractivity contribution in [2.45, 2.75) is 32.0 Å². The van der Waals surface area contributed by atoms with Crippen LogP contribution in [-0.2, 0) is 12.7 Å². The van der Waals surface area contributed by atoms with Gasteiger partial charge in [0.15, 0.2) is 0 Å². The molecule has 1 spiro atoms. The first-order chi connectivity index (χ1) is 13.8. The summed E-state index contributed by atoms with van der Waals surface area (Å²) in [4.78, 5) is 17.1. The number of amides is 1. The van der Waals surface area contributed by atoms with Gasteiger partial charge in [-0.15, -0.1) is 0 Å². The van der Waals surface area contributed by atoms with Crippen molar-refractivity contribution in [3.05, 3.63) is 71.3 Å². The summed E-state index contributed by atoms with van der Waals surface area (Å²) in [5.41, 5.74) is 0.669. The molecule has 1 unspecified atom stereocenters. The van der Waals surface area contributed by atoms with E-state index in [0.717, 1.165) is 51.0 Å². The van der Waals surface area contributed by atoms with E-state index in [1.807, 2.05) is 18.2 Å². The van der Waals surface area contributed by atoms with Crippen molar-refractivity contribution in [1.82, 2.24) is 9.80 Å². The van der Waals surface area contributed by atoms with Crippen molar-refractivity contribution in [3.63, 3.8) is 0 Å². The third kappa shape index (κ3) is 4.47. The Hall–Kier alpha value is -2.34. The molecule has 1 amide bonds. The SMILES string of the molecule is O=C(c1cccc(C(F)(F)F)c1)N1CCCC2(CCN(Cc3ccccc3)C2)C1. The molecule has 2 fully saturated rings. The lowest BCUT2D eigenvalue weighted by molar-refractivity contribution is -0.137. The first-order valence-electron chi connectivity index (χ1n) is 10.1. The normalized spacial score (nSPS) is 22.9. The Balaban J connectivity index is 1.44. The van der Waals surface area contributed by atoms with E-state index in [1.165, 1.54) is 17.7 Å². The van der Waals surface area contributed by atoms with Gasteiger partial charge in [-0.05, 0) is 49.6 Å². The summed E-state index contributed by atoms with van der Waals surface area (Å²) >= 11 is 0. The number of rotatable bonds is 3. The van der Waals surface area contributed by atoms with E-state index in [1.54, 1.807) is 4.90 Å². The average molecular weight is 402 g/mol. The minimum absolute atomic E-state index is 0.0460. The number of nitrogens with zero attached hydrogens (tertiary/aromatic N) is 2. The van der Waals surface area contributed by atoms with Gasteiger partial charge < -0.3 is 4.90 Å². The van der Waals surface area contributed by atoms with E-state index in [9.17, 15) is 18.0 Å². The molecule has 6 heteroatoms. The highest BCUT2D eigenvalue weighted by atomic mass is 19.4. The van der Waals surface area contributed by atoms with Gasteiger partial charge in [0.2, 0.25) is 0 Å². The molecule has 154 valence electrons. The summed E-state index contributed by atoms with van der Waals surface area (Å²) in [6.07, 6.45) is -1.47. The zero-order valence-corrected chi connectivity index (χ0v) is 16.3. The molecule has 4 rings (SSSR count). The molecule has 1 atom stereocenters. The quantitative estimate of drug-likeness (QED) is 0.734. The lowest BCUT2D eigenvalue weighted by Crippen LogP contribution is -2.47. The highest BCUT2D eigenvalue weighted by molar-refractivity contribution is 5.94. The van der Waals surface area contributed by atoms with Gasteiger partial charge in [0, 0.05) is 37.2 Å². The third-order valence-electron chi connectivity index (χ3n) is 6.15. The topological polar surface area (TPSA) is 23.6 Å². The van der Waals surface area contributed by atoms with Crippen LogP contribution >= 0.6 is 0 Å².